The van der Waals surface area contributed by atoms with Crippen molar-refractivity contribution in [1.29, 1.82) is 0 Å². The van der Waals surface area contributed by atoms with E-state index in [-0.39, 0.29) is 5.79 Å². The molecule has 0 aromatic heterocycles. The van der Waals surface area contributed by atoms with Crippen LogP contribution in [0.4, 0.5) is 0 Å². The summed E-state index contributed by atoms with van der Waals surface area (Å²) < 4.78 is 13.7. The van der Waals surface area contributed by atoms with E-state index in [1.54, 1.807) is 0 Å². The molecule has 1 saturated carbocycles. The van der Waals surface area contributed by atoms with Crippen molar-refractivity contribution in [2.45, 2.75) is 211 Å². The van der Waals surface area contributed by atoms with E-state index in [9.17, 15) is 0 Å². The molecule has 1 saturated heterocycles. The third kappa shape index (κ3) is 19.6. The quantitative estimate of drug-likeness (QED) is 0.0628. The molecular formula is C43H77NO2. The molecule has 46 heavy (non-hydrogen) atoms. The normalized spacial score (nSPS) is 24.0. The molecule has 0 aromatic rings. The van der Waals surface area contributed by atoms with Gasteiger partial charge in [0.15, 0.2) is 5.79 Å². The van der Waals surface area contributed by atoms with Crippen LogP contribution in [-0.2, 0) is 9.47 Å². The molecule has 1 aliphatic carbocycles. The number of ether oxygens (including phenoxy) is 2. The van der Waals surface area contributed by atoms with Crippen molar-refractivity contribution < 1.29 is 9.47 Å². The molecule has 2 fully saturated rings. The Morgan fingerprint density at radius 3 is 1.26 bits per heavy atom. The van der Waals surface area contributed by atoms with Crippen LogP contribution in [0.2, 0.25) is 0 Å². The van der Waals surface area contributed by atoms with Gasteiger partial charge in [-0.3, -0.25) is 0 Å². The Hall–Kier alpha value is -1.16. The van der Waals surface area contributed by atoms with Gasteiger partial charge in [0.1, 0.15) is 0 Å². The summed E-state index contributed by atoms with van der Waals surface area (Å²) in [7, 11) is 4.44. The van der Waals surface area contributed by atoms with Gasteiger partial charge in [-0.25, -0.2) is 0 Å². The minimum Gasteiger partial charge on any atom is -0.344 e. The number of rotatable bonds is 28. The lowest BCUT2D eigenvalue weighted by Gasteiger charge is -2.38. The molecule has 1 spiro atoms. The van der Waals surface area contributed by atoms with E-state index in [1.807, 2.05) is 0 Å². The molecule has 0 amide bonds. The SMILES string of the molecule is CCCCC/C=C\C/C=C\CCCCCCCC1OC2(CCC(N(C)C)CC2)OC1CCCCCC/C=C/C/C=C\CCCCC. The monoisotopic (exact) mass is 640 g/mol. The smallest absolute Gasteiger partial charge is 0.169 e. The van der Waals surface area contributed by atoms with E-state index in [4.69, 9.17) is 9.47 Å². The van der Waals surface area contributed by atoms with Crippen LogP contribution in [0.15, 0.2) is 48.6 Å². The average Bonchev–Trinajstić information content (AvgIpc) is 3.39. The third-order valence-corrected chi connectivity index (χ3v) is 10.2. The lowest BCUT2D eigenvalue weighted by molar-refractivity contribution is -0.200. The number of nitrogens with zero attached hydrogens (tertiary/aromatic N) is 1. The number of hydrogen-bond acceptors (Lipinski definition) is 3. The maximum Gasteiger partial charge on any atom is 0.169 e. The van der Waals surface area contributed by atoms with Crippen molar-refractivity contribution >= 4 is 0 Å². The van der Waals surface area contributed by atoms with Gasteiger partial charge in [0.2, 0.25) is 0 Å². The largest absolute Gasteiger partial charge is 0.344 e. The molecule has 1 heterocycles. The van der Waals surface area contributed by atoms with Gasteiger partial charge < -0.3 is 14.4 Å². The van der Waals surface area contributed by atoms with Crippen LogP contribution in [0.25, 0.3) is 0 Å². The molecule has 2 aliphatic rings. The second-order valence-corrected chi connectivity index (χ2v) is 14.6. The summed E-state index contributed by atoms with van der Waals surface area (Å²) in [5.41, 5.74) is 0. The van der Waals surface area contributed by atoms with Crippen molar-refractivity contribution in [1.82, 2.24) is 4.90 Å². The zero-order valence-electron chi connectivity index (χ0n) is 31.2. The van der Waals surface area contributed by atoms with Gasteiger partial charge in [-0.15, -0.1) is 0 Å². The maximum atomic E-state index is 6.85. The summed E-state index contributed by atoms with van der Waals surface area (Å²) in [5.74, 6) is -0.298. The van der Waals surface area contributed by atoms with Gasteiger partial charge in [0.05, 0.1) is 12.2 Å². The summed E-state index contributed by atoms with van der Waals surface area (Å²) >= 11 is 0. The van der Waals surface area contributed by atoms with Crippen LogP contribution in [0.1, 0.15) is 187 Å². The van der Waals surface area contributed by atoms with Gasteiger partial charge in [0.25, 0.3) is 0 Å². The highest BCUT2D eigenvalue weighted by Gasteiger charge is 2.48. The molecule has 2 atom stereocenters. The fourth-order valence-corrected chi connectivity index (χ4v) is 7.15. The summed E-state index contributed by atoms with van der Waals surface area (Å²) in [5, 5.41) is 0. The highest BCUT2D eigenvalue weighted by molar-refractivity contribution is 4.94. The average molecular weight is 640 g/mol. The molecule has 2 rings (SSSR count). The first kappa shape index (κ1) is 41.0. The second kappa shape index (κ2) is 27.8. The van der Waals surface area contributed by atoms with Crippen molar-refractivity contribution in [2.75, 3.05) is 14.1 Å². The van der Waals surface area contributed by atoms with Crippen LogP contribution >= 0.6 is 0 Å². The number of allylic oxidation sites excluding steroid dienone is 8. The van der Waals surface area contributed by atoms with Gasteiger partial charge >= 0.3 is 0 Å². The fraction of sp³-hybridized carbons (Fsp3) is 0.814. The first-order valence-electron chi connectivity index (χ1n) is 20.2. The summed E-state index contributed by atoms with van der Waals surface area (Å²) in [6.45, 7) is 4.54. The molecule has 3 heteroatoms. The summed E-state index contributed by atoms with van der Waals surface area (Å²) in [4.78, 5) is 2.39. The van der Waals surface area contributed by atoms with Crippen LogP contribution in [0, 0.1) is 0 Å². The minimum atomic E-state index is -0.298. The summed E-state index contributed by atoms with van der Waals surface area (Å²) in [6, 6.07) is 0.674. The van der Waals surface area contributed by atoms with Crippen molar-refractivity contribution in [3.63, 3.8) is 0 Å². The molecule has 0 aromatic carbocycles. The van der Waals surface area contributed by atoms with Crippen molar-refractivity contribution in [3.8, 4) is 0 Å². The van der Waals surface area contributed by atoms with E-state index >= 15 is 0 Å². The highest BCUT2D eigenvalue weighted by Crippen LogP contribution is 2.43. The Morgan fingerprint density at radius 1 is 0.500 bits per heavy atom. The van der Waals surface area contributed by atoms with E-state index in [1.165, 1.54) is 148 Å². The fourth-order valence-electron chi connectivity index (χ4n) is 7.15. The first-order valence-corrected chi connectivity index (χ1v) is 20.2. The minimum absolute atomic E-state index is 0.297. The van der Waals surface area contributed by atoms with Crippen molar-refractivity contribution in [3.05, 3.63) is 48.6 Å². The van der Waals surface area contributed by atoms with Gasteiger partial charge in [-0.1, -0.05) is 133 Å². The van der Waals surface area contributed by atoms with E-state index in [0.717, 1.165) is 25.7 Å². The standard InChI is InChI=1S/C43H77NO2/c1-5-7-9-11-13-15-17-19-21-23-25-27-29-31-33-35-42-41(45-43(46-42)38-36-40(37-39-43)44(3)4)34-32-30-28-26-24-22-20-18-16-14-12-10-8-6-2/h13-16,19-22,40-42H,5-12,17-18,23-39H2,1-4H3/b15-13-,16-14-,21-19-,22-20+. The summed E-state index contributed by atoms with van der Waals surface area (Å²) in [6.07, 6.45) is 53.3. The van der Waals surface area contributed by atoms with Crippen molar-refractivity contribution in [2.24, 2.45) is 0 Å². The number of unbranched alkanes of at least 4 members (excludes halogenated alkanes) is 15. The zero-order chi connectivity index (χ0) is 33.0. The predicted octanol–water partition coefficient (Wildman–Crippen LogP) is 13.2. The Labute approximate surface area is 287 Å². The Kier molecular flexibility index (Phi) is 24.7. The molecule has 0 N–H and O–H groups in total. The molecule has 0 bridgehead atoms. The van der Waals surface area contributed by atoms with E-state index < -0.39 is 0 Å². The third-order valence-electron chi connectivity index (χ3n) is 10.2. The van der Waals surface area contributed by atoms with Crippen LogP contribution in [0.5, 0.6) is 0 Å². The molecule has 0 radical (unpaired) electrons. The van der Waals surface area contributed by atoms with Gasteiger partial charge in [-0.2, -0.15) is 0 Å². The lowest BCUT2D eigenvalue weighted by atomic mass is 9.89. The van der Waals surface area contributed by atoms with Crippen LogP contribution in [0.3, 0.4) is 0 Å². The van der Waals surface area contributed by atoms with Crippen LogP contribution in [-0.4, -0.2) is 43.0 Å². The van der Waals surface area contributed by atoms with Gasteiger partial charge in [0, 0.05) is 18.9 Å². The molecule has 3 nitrogen and oxygen atoms in total. The lowest BCUT2D eigenvalue weighted by Crippen LogP contribution is -2.42. The topological polar surface area (TPSA) is 21.7 Å². The molecule has 2 unspecified atom stereocenters. The second-order valence-electron chi connectivity index (χ2n) is 14.6. The Balaban J connectivity index is 1.61. The molecule has 1 aliphatic heterocycles. The number of hydrogen-bond donors (Lipinski definition) is 0. The molecule has 266 valence electrons. The van der Waals surface area contributed by atoms with Gasteiger partial charge in [-0.05, 0) is 104 Å². The Bertz CT molecular complexity index is 804. The zero-order valence-corrected chi connectivity index (χ0v) is 31.2. The maximum absolute atomic E-state index is 6.85. The highest BCUT2D eigenvalue weighted by atomic mass is 16.8. The van der Waals surface area contributed by atoms with Crippen LogP contribution < -0.4 is 0 Å². The first-order chi connectivity index (χ1) is 22.6. The predicted molar refractivity (Wildman–Crippen MR) is 203 cm³/mol. The van der Waals surface area contributed by atoms with E-state index in [0.29, 0.717) is 18.2 Å². The van der Waals surface area contributed by atoms with E-state index in [2.05, 4.69) is 81.5 Å². The Morgan fingerprint density at radius 2 is 0.870 bits per heavy atom. The molecular weight excluding hydrogens is 562 g/mol.